The Morgan fingerprint density at radius 1 is 1.00 bits per heavy atom. The first-order valence-electron chi connectivity index (χ1n) is 9.85. The fraction of sp³-hybridized carbons (Fsp3) is 0.167. The third kappa shape index (κ3) is 2.70. The Balaban J connectivity index is 1.56. The van der Waals surface area contributed by atoms with Gasteiger partial charge in [-0.2, -0.15) is 4.39 Å². The van der Waals surface area contributed by atoms with Crippen molar-refractivity contribution < 1.29 is 23.0 Å². The summed E-state index contributed by atoms with van der Waals surface area (Å²) in [6.07, 6.45) is 4.71. The van der Waals surface area contributed by atoms with Crippen LogP contribution >= 0.6 is 0 Å². The number of fused-ring (bicyclic) bond motifs is 4. The van der Waals surface area contributed by atoms with Gasteiger partial charge in [0.1, 0.15) is 12.4 Å². The van der Waals surface area contributed by atoms with Crippen molar-refractivity contribution in [3.05, 3.63) is 83.2 Å². The maximum Gasteiger partial charge on any atom is 0.220 e. The van der Waals surface area contributed by atoms with Gasteiger partial charge in [-0.3, -0.25) is 0 Å². The molecule has 6 rings (SSSR count). The number of aromatic nitrogens is 1. The van der Waals surface area contributed by atoms with Gasteiger partial charge < -0.3 is 14.2 Å². The van der Waals surface area contributed by atoms with Crippen LogP contribution in [0.3, 0.4) is 0 Å². The van der Waals surface area contributed by atoms with Crippen molar-refractivity contribution in [1.29, 1.82) is 0 Å². The number of benzene rings is 2. The Hall–Kier alpha value is -3.58. The number of pyridine rings is 1. The van der Waals surface area contributed by atoms with Crippen LogP contribution in [0.25, 0.3) is 16.7 Å². The van der Waals surface area contributed by atoms with Crippen LogP contribution in [0.2, 0.25) is 0 Å². The standard InChI is InChI=1S/C24H16F2N2O3/c25-20-10-16(15-5-7-29-11-15)9-19-22(20)31-21-4-3-14(17-2-1-6-27-23(17)26)8-18(21)24(19)12-30-13-28-24/h1-6,8-10,13H,7,11-12H2/t24-/m0/s1. The summed E-state index contributed by atoms with van der Waals surface area (Å²) >= 11 is 0. The van der Waals surface area contributed by atoms with E-state index in [1.807, 2.05) is 18.2 Å². The highest BCUT2D eigenvalue weighted by Gasteiger charge is 2.46. The SMILES string of the molecule is Fc1cc(C2=CCOC2)cc2c1Oc1ccc(-c3cccnc3F)cc1[C@@]21COC=N1. The van der Waals surface area contributed by atoms with E-state index in [2.05, 4.69) is 9.98 Å². The minimum atomic E-state index is -0.992. The summed E-state index contributed by atoms with van der Waals surface area (Å²) in [7, 11) is 0. The van der Waals surface area contributed by atoms with Crippen LogP contribution in [0.4, 0.5) is 8.78 Å². The van der Waals surface area contributed by atoms with Crippen molar-refractivity contribution in [3.63, 3.8) is 0 Å². The molecule has 2 aromatic carbocycles. The maximum absolute atomic E-state index is 15.2. The molecule has 1 aromatic heterocycles. The predicted molar refractivity (Wildman–Crippen MR) is 110 cm³/mol. The summed E-state index contributed by atoms with van der Waals surface area (Å²) in [4.78, 5) is 8.36. The molecular weight excluding hydrogens is 402 g/mol. The first-order chi connectivity index (χ1) is 15.2. The molecule has 0 bridgehead atoms. The average molecular weight is 418 g/mol. The van der Waals surface area contributed by atoms with E-state index in [1.54, 1.807) is 24.3 Å². The van der Waals surface area contributed by atoms with Gasteiger partial charge in [0.05, 0.1) is 13.2 Å². The lowest BCUT2D eigenvalue weighted by atomic mass is 9.79. The Morgan fingerprint density at radius 3 is 2.68 bits per heavy atom. The number of hydrogen-bond acceptors (Lipinski definition) is 5. The second-order valence-electron chi connectivity index (χ2n) is 7.64. The van der Waals surface area contributed by atoms with Crippen LogP contribution in [-0.4, -0.2) is 31.2 Å². The number of nitrogens with zero attached hydrogens (tertiary/aromatic N) is 2. The lowest BCUT2D eigenvalue weighted by Gasteiger charge is -2.34. The summed E-state index contributed by atoms with van der Waals surface area (Å²) in [6, 6.07) is 11.9. The Bertz CT molecular complexity index is 1290. The molecule has 0 unspecified atom stereocenters. The van der Waals surface area contributed by atoms with Gasteiger partial charge >= 0.3 is 0 Å². The van der Waals surface area contributed by atoms with Gasteiger partial charge in [0.25, 0.3) is 0 Å². The molecule has 5 nitrogen and oxygen atoms in total. The predicted octanol–water partition coefficient (Wildman–Crippen LogP) is 4.85. The summed E-state index contributed by atoms with van der Waals surface area (Å²) in [5.41, 5.74) is 2.88. The third-order valence-corrected chi connectivity index (χ3v) is 5.91. The first-order valence-corrected chi connectivity index (χ1v) is 9.85. The van der Waals surface area contributed by atoms with Crippen LogP contribution in [0.1, 0.15) is 16.7 Å². The normalized spacial score (nSPS) is 20.8. The highest BCUT2D eigenvalue weighted by Crippen LogP contribution is 2.52. The average Bonchev–Trinajstić information content (AvgIpc) is 3.48. The monoisotopic (exact) mass is 418 g/mol. The molecule has 3 aromatic rings. The molecule has 0 aliphatic carbocycles. The highest BCUT2D eigenvalue weighted by atomic mass is 19.1. The van der Waals surface area contributed by atoms with Crippen molar-refractivity contribution in [2.24, 2.45) is 4.99 Å². The zero-order chi connectivity index (χ0) is 21.0. The Kier molecular flexibility index (Phi) is 3.94. The lowest BCUT2D eigenvalue weighted by molar-refractivity contribution is 0.216. The molecule has 0 N–H and O–H groups in total. The Labute approximate surface area is 176 Å². The van der Waals surface area contributed by atoms with E-state index in [0.29, 0.717) is 41.2 Å². The van der Waals surface area contributed by atoms with E-state index in [4.69, 9.17) is 14.2 Å². The van der Waals surface area contributed by atoms with Gasteiger partial charge in [-0.1, -0.05) is 12.1 Å². The van der Waals surface area contributed by atoms with E-state index in [0.717, 1.165) is 11.1 Å². The maximum atomic E-state index is 15.2. The smallest absolute Gasteiger partial charge is 0.220 e. The number of ether oxygens (including phenoxy) is 3. The third-order valence-electron chi connectivity index (χ3n) is 5.91. The zero-order valence-electron chi connectivity index (χ0n) is 16.3. The van der Waals surface area contributed by atoms with E-state index >= 15 is 4.39 Å². The molecule has 154 valence electrons. The fourth-order valence-electron chi connectivity index (χ4n) is 4.36. The summed E-state index contributed by atoms with van der Waals surface area (Å²) in [5, 5.41) is 0. The van der Waals surface area contributed by atoms with E-state index in [1.165, 1.54) is 18.7 Å². The van der Waals surface area contributed by atoms with Crippen LogP contribution in [0, 0.1) is 11.8 Å². The number of aliphatic imine (C=N–C) groups is 1. The molecule has 0 fully saturated rings. The van der Waals surface area contributed by atoms with Crippen molar-refractivity contribution in [2.45, 2.75) is 5.54 Å². The topological polar surface area (TPSA) is 52.9 Å². The van der Waals surface area contributed by atoms with E-state index in [9.17, 15) is 4.39 Å². The van der Waals surface area contributed by atoms with Gasteiger partial charge in [0.2, 0.25) is 5.95 Å². The molecular formula is C24H16F2N2O3. The second-order valence-corrected chi connectivity index (χ2v) is 7.64. The molecule has 0 radical (unpaired) electrons. The molecule has 0 saturated heterocycles. The van der Waals surface area contributed by atoms with Crippen molar-refractivity contribution in [2.75, 3.05) is 19.8 Å². The quantitative estimate of drug-likeness (QED) is 0.559. The van der Waals surface area contributed by atoms with Crippen LogP contribution in [0.5, 0.6) is 11.5 Å². The molecule has 1 atom stereocenters. The second kappa shape index (κ2) is 6.72. The highest BCUT2D eigenvalue weighted by molar-refractivity contribution is 5.74. The van der Waals surface area contributed by atoms with Crippen molar-refractivity contribution in [1.82, 2.24) is 4.98 Å². The van der Waals surface area contributed by atoms with Gasteiger partial charge in [0.15, 0.2) is 23.5 Å². The van der Waals surface area contributed by atoms with E-state index < -0.39 is 17.3 Å². The summed E-state index contributed by atoms with van der Waals surface area (Å²) in [5.74, 6) is -0.465. The first kappa shape index (κ1) is 18.2. The minimum absolute atomic E-state index is 0.124. The summed E-state index contributed by atoms with van der Waals surface area (Å²) in [6.45, 7) is 1.11. The Morgan fingerprint density at radius 2 is 1.90 bits per heavy atom. The lowest BCUT2D eigenvalue weighted by Crippen LogP contribution is -2.31. The number of halogens is 2. The number of rotatable bonds is 2. The molecule has 7 heteroatoms. The zero-order valence-corrected chi connectivity index (χ0v) is 16.3. The van der Waals surface area contributed by atoms with Crippen LogP contribution in [-0.2, 0) is 15.0 Å². The van der Waals surface area contributed by atoms with Gasteiger partial charge in [-0.05, 0) is 53.1 Å². The van der Waals surface area contributed by atoms with Crippen molar-refractivity contribution >= 4 is 12.0 Å². The molecule has 4 heterocycles. The van der Waals surface area contributed by atoms with Gasteiger partial charge in [-0.15, -0.1) is 0 Å². The van der Waals surface area contributed by atoms with Gasteiger partial charge in [-0.25, -0.2) is 14.4 Å². The molecule has 0 amide bonds. The molecule has 31 heavy (non-hydrogen) atoms. The molecule has 3 aliphatic rings. The molecule has 3 aliphatic heterocycles. The fourth-order valence-corrected chi connectivity index (χ4v) is 4.36. The largest absolute Gasteiger partial charge is 0.480 e. The van der Waals surface area contributed by atoms with Gasteiger partial charge in [0, 0.05) is 22.9 Å². The molecule has 1 spiro atoms. The van der Waals surface area contributed by atoms with Crippen LogP contribution in [0.15, 0.2) is 59.7 Å². The minimum Gasteiger partial charge on any atom is -0.480 e. The van der Waals surface area contributed by atoms with Crippen molar-refractivity contribution in [3.8, 4) is 22.6 Å². The van der Waals surface area contributed by atoms with E-state index in [-0.39, 0.29) is 12.4 Å². The number of hydrogen-bond donors (Lipinski definition) is 0. The molecule has 0 saturated carbocycles. The van der Waals surface area contributed by atoms with Crippen LogP contribution < -0.4 is 4.74 Å². The summed E-state index contributed by atoms with van der Waals surface area (Å²) < 4.78 is 46.4.